The summed E-state index contributed by atoms with van der Waals surface area (Å²) in [7, 11) is -3.82. The Morgan fingerprint density at radius 2 is 2.11 bits per heavy atom. The number of sulfonamides is 1. The summed E-state index contributed by atoms with van der Waals surface area (Å²) < 4.78 is 26.3. The van der Waals surface area contributed by atoms with Gasteiger partial charge in [-0.2, -0.15) is 5.10 Å². The van der Waals surface area contributed by atoms with Crippen LogP contribution >= 0.6 is 0 Å². The molecule has 0 radical (unpaired) electrons. The molecule has 0 aliphatic carbocycles. The molecule has 0 bridgehead atoms. The molecule has 0 fully saturated rings. The zero-order valence-electron chi connectivity index (χ0n) is 9.78. The van der Waals surface area contributed by atoms with E-state index in [1.165, 1.54) is 18.5 Å². The molecule has 2 aromatic heterocycles. The van der Waals surface area contributed by atoms with Gasteiger partial charge in [-0.05, 0) is 13.0 Å². The molecule has 0 saturated heterocycles. The highest BCUT2D eigenvalue weighted by molar-refractivity contribution is 7.92. The van der Waals surface area contributed by atoms with Crippen LogP contribution in [0.25, 0.3) is 0 Å². The number of aromatic nitrogens is 3. The number of pyridine rings is 1. The summed E-state index contributed by atoms with van der Waals surface area (Å²) in [5, 5.41) is 14.9. The molecule has 0 aliphatic heterocycles. The van der Waals surface area contributed by atoms with Crippen LogP contribution in [0.15, 0.2) is 29.6 Å². The Morgan fingerprint density at radius 3 is 2.68 bits per heavy atom. The van der Waals surface area contributed by atoms with Gasteiger partial charge < -0.3 is 5.11 Å². The van der Waals surface area contributed by atoms with E-state index >= 15 is 0 Å². The number of hydrogen-bond donors (Lipinski definition) is 3. The maximum atomic E-state index is 12.0. The summed E-state index contributed by atoms with van der Waals surface area (Å²) in [6, 6.07) is 1.18. The Morgan fingerprint density at radius 1 is 1.37 bits per heavy atom. The second-order valence-corrected chi connectivity index (χ2v) is 5.38. The number of aromatic carboxylic acids is 1. The highest BCUT2D eigenvalue weighted by Crippen LogP contribution is 2.17. The molecule has 0 atom stereocenters. The number of hydrogen-bond acceptors (Lipinski definition) is 5. The minimum absolute atomic E-state index is 0.00627. The molecular formula is C10H10N4O4S. The lowest BCUT2D eigenvalue weighted by Crippen LogP contribution is -2.14. The molecule has 2 rings (SSSR count). The number of nitrogens with zero attached hydrogens (tertiary/aromatic N) is 2. The Kier molecular flexibility index (Phi) is 3.21. The number of aromatic amines is 1. The van der Waals surface area contributed by atoms with Crippen LogP contribution in [0.2, 0.25) is 0 Å². The summed E-state index contributed by atoms with van der Waals surface area (Å²) in [6.07, 6.45) is 3.52. The van der Waals surface area contributed by atoms with Gasteiger partial charge >= 0.3 is 5.97 Å². The molecule has 0 unspecified atom stereocenters. The number of rotatable bonds is 4. The topological polar surface area (TPSA) is 125 Å². The summed E-state index contributed by atoms with van der Waals surface area (Å²) in [5.41, 5.74) is 0.347. The quantitative estimate of drug-likeness (QED) is 0.754. The zero-order chi connectivity index (χ0) is 14.0. The van der Waals surface area contributed by atoms with E-state index in [4.69, 9.17) is 5.11 Å². The summed E-state index contributed by atoms with van der Waals surface area (Å²) in [4.78, 5) is 14.4. The SMILES string of the molecule is Cc1[nH]ncc1S(=O)(=O)Nc1cncc(C(=O)O)c1. The van der Waals surface area contributed by atoms with Crippen LogP contribution in [0.3, 0.4) is 0 Å². The molecule has 2 aromatic rings. The minimum Gasteiger partial charge on any atom is -0.478 e. The van der Waals surface area contributed by atoms with Gasteiger partial charge in [-0.1, -0.05) is 0 Å². The molecule has 9 heteroatoms. The summed E-state index contributed by atoms with van der Waals surface area (Å²) in [5.74, 6) is -1.19. The van der Waals surface area contributed by atoms with Crippen LogP contribution in [0, 0.1) is 6.92 Å². The van der Waals surface area contributed by atoms with E-state index in [1.54, 1.807) is 6.92 Å². The molecule has 0 amide bonds. The molecule has 3 N–H and O–H groups in total. The largest absolute Gasteiger partial charge is 0.478 e. The van der Waals surface area contributed by atoms with Crippen LogP contribution in [-0.2, 0) is 10.0 Å². The highest BCUT2D eigenvalue weighted by atomic mass is 32.2. The van der Waals surface area contributed by atoms with Gasteiger partial charge in [0.1, 0.15) is 4.90 Å². The second kappa shape index (κ2) is 4.69. The Bertz CT molecular complexity index is 723. The fraction of sp³-hybridized carbons (Fsp3) is 0.100. The Balaban J connectivity index is 2.34. The van der Waals surface area contributed by atoms with Crippen molar-refractivity contribution in [2.45, 2.75) is 11.8 Å². The van der Waals surface area contributed by atoms with Crippen molar-refractivity contribution in [1.29, 1.82) is 0 Å². The number of carboxylic acid groups (broad SMARTS) is 1. The number of nitrogens with one attached hydrogen (secondary N) is 2. The van der Waals surface area contributed by atoms with E-state index in [9.17, 15) is 13.2 Å². The van der Waals surface area contributed by atoms with E-state index in [0.717, 1.165) is 6.20 Å². The average Bonchev–Trinajstić information content (AvgIpc) is 2.76. The first-order chi connectivity index (χ1) is 8.90. The van der Waals surface area contributed by atoms with Crippen molar-refractivity contribution < 1.29 is 18.3 Å². The normalized spacial score (nSPS) is 11.2. The Hall–Kier alpha value is -2.42. The molecule has 0 aliphatic rings. The smallest absolute Gasteiger partial charge is 0.337 e. The fourth-order valence-electron chi connectivity index (χ4n) is 1.43. The first-order valence-corrected chi connectivity index (χ1v) is 6.59. The summed E-state index contributed by atoms with van der Waals surface area (Å²) in [6.45, 7) is 1.56. The van der Waals surface area contributed by atoms with Crippen LogP contribution < -0.4 is 4.72 Å². The number of aryl methyl sites for hydroxylation is 1. The fourth-order valence-corrected chi connectivity index (χ4v) is 2.61. The monoisotopic (exact) mass is 282 g/mol. The third-order valence-electron chi connectivity index (χ3n) is 2.31. The van der Waals surface area contributed by atoms with E-state index in [1.807, 2.05) is 0 Å². The summed E-state index contributed by atoms with van der Waals surface area (Å²) >= 11 is 0. The number of carbonyl (C=O) groups is 1. The Labute approximate surface area is 108 Å². The molecule has 100 valence electrons. The zero-order valence-corrected chi connectivity index (χ0v) is 10.6. The second-order valence-electron chi connectivity index (χ2n) is 3.73. The predicted octanol–water partition coefficient (Wildman–Crippen LogP) is 0.612. The predicted molar refractivity (Wildman–Crippen MR) is 65.3 cm³/mol. The van der Waals surface area contributed by atoms with Crippen molar-refractivity contribution >= 4 is 21.7 Å². The van der Waals surface area contributed by atoms with Gasteiger partial charge in [0.2, 0.25) is 0 Å². The van der Waals surface area contributed by atoms with Gasteiger partial charge in [0.05, 0.1) is 29.3 Å². The lowest BCUT2D eigenvalue weighted by Gasteiger charge is -2.07. The average molecular weight is 282 g/mol. The number of H-pyrrole nitrogens is 1. The van der Waals surface area contributed by atoms with Crippen LogP contribution in [0.5, 0.6) is 0 Å². The van der Waals surface area contributed by atoms with E-state index in [-0.39, 0.29) is 16.1 Å². The lowest BCUT2D eigenvalue weighted by molar-refractivity contribution is 0.0696. The lowest BCUT2D eigenvalue weighted by atomic mass is 10.3. The van der Waals surface area contributed by atoms with Crippen LogP contribution in [0.4, 0.5) is 5.69 Å². The van der Waals surface area contributed by atoms with E-state index < -0.39 is 16.0 Å². The first kappa shape index (κ1) is 13.0. The van der Waals surface area contributed by atoms with Crippen LogP contribution in [-0.4, -0.2) is 34.7 Å². The van der Waals surface area contributed by atoms with Gasteiger partial charge in [0.15, 0.2) is 0 Å². The first-order valence-electron chi connectivity index (χ1n) is 5.11. The maximum Gasteiger partial charge on any atom is 0.337 e. The molecule has 0 saturated carbocycles. The molecule has 19 heavy (non-hydrogen) atoms. The molecule has 8 nitrogen and oxygen atoms in total. The van der Waals surface area contributed by atoms with Gasteiger partial charge in [-0.15, -0.1) is 0 Å². The van der Waals surface area contributed by atoms with Crippen LogP contribution in [0.1, 0.15) is 16.1 Å². The third kappa shape index (κ3) is 2.71. The van der Waals surface area contributed by atoms with E-state index in [0.29, 0.717) is 5.69 Å². The van der Waals surface area contributed by atoms with Gasteiger partial charge in [-0.25, -0.2) is 13.2 Å². The molecule has 0 spiro atoms. The molecule has 2 heterocycles. The minimum atomic E-state index is -3.82. The number of carboxylic acids is 1. The van der Waals surface area contributed by atoms with Crippen molar-refractivity contribution in [2.24, 2.45) is 0 Å². The van der Waals surface area contributed by atoms with Crippen molar-refractivity contribution in [3.8, 4) is 0 Å². The molecule has 0 aromatic carbocycles. The van der Waals surface area contributed by atoms with Crippen molar-refractivity contribution in [1.82, 2.24) is 15.2 Å². The van der Waals surface area contributed by atoms with Gasteiger partial charge in [0.25, 0.3) is 10.0 Å². The maximum absolute atomic E-state index is 12.0. The van der Waals surface area contributed by atoms with Crippen molar-refractivity contribution in [2.75, 3.05) is 4.72 Å². The third-order valence-corrected chi connectivity index (χ3v) is 3.81. The van der Waals surface area contributed by atoms with Crippen molar-refractivity contribution in [3.63, 3.8) is 0 Å². The van der Waals surface area contributed by atoms with Crippen molar-refractivity contribution in [3.05, 3.63) is 35.9 Å². The number of anilines is 1. The van der Waals surface area contributed by atoms with Gasteiger partial charge in [0, 0.05) is 6.20 Å². The van der Waals surface area contributed by atoms with E-state index in [2.05, 4.69) is 19.9 Å². The standard InChI is InChI=1S/C10H10N4O4S/c1-6-9(5-12-13-6)19(17,18)14-8-2-7(10(15)16)3-11-4-8/h2-5,14H,1H3,(H,12,13)(H,15,16). The highest BCUT2D eigenvalue weighted by Gasteiger charge is 2.19. The molecular weight excluding hydrogens is 272 g/mol. The van der Waals surface area contributed by atoms with Gasteiger partial charge in [-0.3, -0.25) is 14.8 Å².